The molecule has 0 bridgehead atoms. The number of sulfone groups is 1. The molecule has 1 saturated heterocycles. The second kappa shape index (κ2) is 9.75. The molecule has 2 atom stereocenters. The maximum absolute atomic E-state index is 11.4. The third-order valence-corrected chi connectivity index (χ3v) is 5.27. The average Bonchev–Trinajstić information content (AvgIpc) is 2.65. The molecule has 0 aromatic rings. The van der Waals surface area contributed by atoms with E-state index in [-0.39, 0.29) is 36.5 Å². The summed E-state index contributed by atoms with van der Waals surface area (Å²) in [5, 5.41) is 10.9. The topological polar surface area (TPSA) is 94.1 Å². The van der Waals surface area contributed by atoms with Gasteiger partial charge in [0.05, 0.1) is 56.0 Å². The highest BCUT2D eigenvalue weighted by Gasteiger charge is 2.36. The van der Waals surface area contributed by atoms with Crippen molar-refractivity contribution in [1.29, 1.82) is 0 Å². The van der Waals surface area contributed by atoms with Gasteiger partial charge in [0.2, 0.25) is 0 Å². The molecular weight excluding hydrogens is 342 g/mol. The molecule has 124 valence electrons. The predicted octanol–water partition coefficient (Wildman–Crippen LogP) is -0.693. The van der Waals surface area contributed by atoms with E-state index in [0.717, 1.165) is 0 Å². The number of aliphatic hydroxyl groups is 1. The minimum absolute atomic E-state index is 0.0124. The highest BCUT2D eigenvalue weighted by molar-refractivity contribution is 7.91. The van der Waals surface area contributed by atoms with Gasteiger partial charge in [-0.3, -0.25) is 0 Å². The van der Waals surface area contributed by atoms with Gasteiger partial charge in [-0.2, -0.15) is 0 Å². The van der Waals surface area contributed by atoms with Crippen LogP contribution in [0.3, 0.4) is 0 Å². The molecule has 1 aliphatic heterocycles. The molecule has 0 aromatic heterocycles. The molecule has 0 aromatic carbocycles. The fourth-order valence-electron chi connectivity index (χ4n) is 1.71. The van der Waals surface area contributed by atoms with Crippen molar-refractivity contribution in [1.82, 2.24) is 5.32 Å². The number of halogens is 1. The molecule has 1 heterocycles. The minimum Gasteiger partial charge on any atom is -0.469 e. The van der Waals surface area contributed by atoms with Crippen molar-refractivity contribution in [3.63, 3.8) is 0 Å². The van der Waals surface area contributed by atoms with Crippen molar-refractivity contribution in [2.24, 2.45) is 0 Å². The van der Waals surface area contributed by atoms with Gasteiger partial charge >= 0.3 is 0 Å². The van der Waals surface area contributed by atoms with Gasteiger partial charge in [-0.15, -0.1) is 11.6 Å². The Morgan fingerprint density at radius 2 is 1.81 bits per heavy atom. The van der Waals surface area contributed by atoms with Crippen LogP contribution in [0, 0.1) is 0 Å². The second-order valence-electron chi connectivity index (χ2n) is 4.43. The van der Waals surface area contributed by atoms with Crippen LogP contribution in [0.5, 0.6) is 0 Å². The maximum atomic E-state index is 11.4. The molecule has 0 unspecified atom stereocenters. The van der Waals surface area contributed by atoms with E-state index in [4.69, 9.17) is 43.1 Å². The van der Waals surface area contributed by atoms with Gasteiger partial charge in [-0.1, -0.05) is 0 Å². The molecule has 1 rings (SSSR count). The Hall–Kier alpha value is -0.190. The number of aliphatic hydroxyl groups excluding tert-OH is 1. The first-order valence-corrected chi connectivity index (χ1v) is 9.15. The van der Waals surface area contributed by atoms with Crippen LogP contribution in [0.2, 0.25) is 0 Å². The van der Waals surface area contributed by atoms with Gasteiger partial charge in [0.15, 0.2) is 9.84 Å². The number of alkyl halides is 1. The lowest BCUT2D eigenvalue weighted by Crippen LogP contribution is -2.41. The van der Waals surface area contributed by atoms with Crippen LogP contribution in [0.4, 0.5) is 0 Å². The third-order valence-electron chi connectivity index (χ3n) is 2.65. The number of thiocarbonyl (C=S) groups is 1. The smallest absolute Gasteiger partial charge is 0.257 e. The monoisotopic (exact) mass is 361 g/mol. The van der Waals surface area contributed by atoms with E-state index >= 15 is 0 Å². The summed E-state index contributed by atoms with van der Waals surface area (Å²) in [4.78, 5) is 0. The number of hydrogen-bond acceptors (Lipinski definition) is 7. The number of ether oxygens (including phenoxy) is 3. The first kappa shape index (κ1) is 18.9. The SMILES string of the molecule is O=S1(=O)C[C@H](Cl)[C@H](NC(=S)OCCOCCOCCO)C1. The molecule has 2 N–H and O–H groups in total. The normalized spacial score (nSPS) is 23.9. The van der Waals surface area contributed by atoms with Crippen molar-refractivity contribution >= 4 is 38.8 Å². The molecule has 0 radical (unpaired) electrons. The van der Waals surface area contributed by atoms with Crippen LogP contribution in [0.15, 0.2) is 0 Å². The van der Waals surface area contributed by atoms with E-state index in [1.165, 1.54) is 0 Å². The van der Waals surface area contributed by atoms with Crippen LogP contribution in [0.25, 0.3) is 0 Å². The van der Waals surface area contributed by atoms with E-state index in [1.807, 2.05) is 0 Å². The molecule has 0 amide bonds. The maximum Gasteiger partial charge on any atom is 0.257 e. The summed E-state index contributed by atoms with van der Waals surface area (Å²) in [5.74, 6) is -0.0881. The fourth-order valence-corrected chi connectivity index (χ4v) is 4.49. The molecular formula is C11H20ClNO6S2. The van der Waals surface area contributed by atoms with Crippen LogP contribution in [-0.2, 0) is 24.0 Å². The van der Waals surface area contributed by atoms with E-state index in [9.17, 15) is 8.42 Å². The Bertz CT molecular complexity index is 419. The molecule has 0 aliphatic carbocycles. The van der Waals surface area contributed by atoms with Crippen LogP contribution >= 0.6 is 23.8 Å². The number of rotatable bonds is 9. The van der Waals surface area contributed by atoms with E-state index in [0.29, 0.717) is 19.8 Å². The standard InChI is InChI=1S/C11H20ClNO6S2/c12-9-7-21(15,16)8-10(9)13-11(20)19-6-5-18-4-3-17-2-1-14/h9-10,14H,1-8H2,(H,13,20)/t9-,10+/m0/s1. The van der Waals surface area contributed by atoms with Crippen LogP contribution in [0.1, 0.15) is 0 Å². The van der Waals surface area contributed by atoms with Crippen molar-refractivity contribution in [2.75, 3.05) is 51.1 Å². The number of hydrogen-bond donors (Lipinski definition) is 2. The molecule has 10 heteroatoms. The van der Waals surface area contributed by atoms with Gasteiger partial charge in [0.25, 0.3) is 5.17 Å². The van der Waals surface area contributed by atoms with Gasteiger partial charge in [-0.05, 0) is 12.2 Å². The summed E-state index contributed by atoms with van der Waals surface area (Å²) in [5.41, 5.74) is 0. The van der Waals surface area contributed by atoms with Crippen molar-refractivity contribution in [3.8, 4) is 0 Å². The molecule has 21 heavy (non-hydrogen) atoms. The Balaban J connectivity index is 2.04. The van der Waals surface area contributed by atoms with Gasteiger partial charge < -0.3 is 24.6 Å². The van der Waals surface area contributed by atoms with Crippen molar-refractivity contribution in [2.45, 2.75) is 11.4 Å². The predicted molar refractivity (Wildman–Crippen MR) is 82.5 cm³/mol. The lowest BCUT2D eigenvalue weighted by molar-refractivity contribution is 0.0234. The second-order valence-corrected chi connectivity index (χ2v) is 7.51. The van der Waals surface area contributed by atoms with Crippen LogP contribution < -0.4 is 5.32 Å². The van der Waals surface area contributed by atoms with Gasteiger partial charge in [-0.25, -0.2) is 8.42 Å². The Morgan fingerprint density at radius 3 is 2.38 bits per heavy atom. The Morgan fingerprint density at radius 1 is 1.19 bits per heavy atom. The summed E-state index contributed by atoms with van der Waals surface area (Å²) in [6.45, 7) is 1.65. The lowest BCUT2D eigenvalue weighted by Gasteiger charge is -2.16. The summed E-state index contributed by atoms with van der Waals surface area (Å²) >= 11 is 10.9. The quantitative estimate of drug-likeness (QED) is 0.316. The minimum atomic E-state index is -3.10. The van der Waals surface area contributed by atoms with Gasteiger partial charge in [0.1, 0.15) is 6.61 Å². The molecule has 7 nitrogen and oxygen atoms in total. The zero-order valence-corrected chi connectivity index (χ0v) is 13.9. The third kappa shape index (κ3) is 8.12. The molecule has 0 spiro atoms. The highest BCUT2D eigenvalue weighted by atomic mass is 35.5. The Labute approximate surface area is 134 Å². The first-order chi connectivity index (χ1) is 9.94. The fraction of sp³-hybridized carbons (Fsp3) is 0.909. The molecule has 1 aliphatic rings. The van der Waals surface area contributed by atoms with Gasteiger partial charge in [0, 0.05) is 0 Å². The van der Waals surface area contributed by atoms with E-state index in [1.54, 1.807) is 0 Å². The van der Waals surface area contributed by atoms with Crippen molar-refractivity contribution < 1.29 is 27.7 Å². The zero-order chi connectivity index (χ0) is 15.7. The molecule has 0 saturated carbocycles. The van der Waals surface area contributed by atoms with Crippen molar-refractivity contribution in [3.05, 3.63) is 0 Å². The highest BCUT2D eigenvalue weighted by Crippen LogP contribution is 2.17. The summed E-state index contributed by atoms with van der Waals surface area (Å²) in [6, 6.07) is -0.419. The first-order valence-electron chi connectivity index (χ1n) is 6.49. The van der Waals surface area contributed by atoms with Crippen LogP contribution in [-0.4, -0.2) is 81.3 Å². The zero-order valence-electron chi connectivity index (χ0n) is 11.5. The number of nitrogens with one attached hydrogen (secondary N) is 1. The van der Waals surface area contributed by atoms with E-state index < -0.39 is 21.3 Å². The molecule has 1 fully saturated rings. The van der Waals surface area contributed by atoms with E-state index in [2.05, 4.69) is 5.32 Å². The lowest BCUT2D eigenvalue weighted by atomic mass is 10.3. The summed E-state index contributed by atoms with van der Waals surface area (Å²) in [6.07, 6.45) is 0. The summed E-state index contributed by atoms with van der Waals surface area (Å²) in [7, 11) is -3.10. The summed E-state index contributed by atoms with van der Waals surface area (Å²) < 4.78 is 38.2. The average molecular weight is 362 g/mol. The largest absolute Gasteiger partial charge is 0.469 e. The Kier molecular flexibility index (Phi) is 8.76.